The van der Waals surface area contributed by atoms with Gasteiger partial charge >= 0.3 is 0 Å². The first-order valence-electron chi connectivity index (χ1n) is 26.7. The van der Waals surface area contributed by atoms with Crippen molar-refractivity contribution in [2.75, 3.05) is 0 Å². The second kappa shape index (κ2) is 5.10. The average Bonchev–Trinajstić information content (AvgIpc) is 4.09. The normalized spacial score (nSPS) is 23.0. The molecule has 0 bridgehead atoms. The van der Waals surface area contributed by atoms with Gasteiger partial charge in [0.2, 0.25) is 0 Å². The van der Waals surface area contributed by atoms with E-state index in [2.05, 4.69) is 0 Å². The van der Waals surface area contributed by atoms with Crippen molar-refractivity contribution in [3.8, 4) is 0 Å². The van der Waals surface area contributed by atoms with Crippen LogP contribution in [0.5, 0.6) is 0 Å². The van der Waals surface area contributed by atoms with Crippen LogP contribution in [0, 0.1) is 0 Å². The Labute approximate surface area is 380 Å². The van der Waals surface area contributed by atoms with Crippen molar-refractivity contribution in [1.29, 1.82) is 0 Å². The molecule has 1 nitrogen and oxygen atoms in total. The fourth-order valence-electron chi connectivity index (χ4n) is 27.3. The fourth-order valence-corrected chi connectivity index (χ4v) is 27.3. The molecule has 1 heteroatoms. The molecule has 1 heterocycles. The molecule has 33 aromatic rings. The second-order valence-electron chi connectivity index (χ2n) is 27.0. The quantitative estimate of drug-likeness (QED) is 0.0841. The summed E-state index contributed by atoms with van der Waals surface area (Å²) in [6, 6.07) is 0. The number of benzene rings is 23. The summed E-state index contributed by atoms with van der Waals surface area (Å²) in [7, 11) is 0. The summed E-state index contributed by atoms with van der Waals surface area (Å²) in [5.74, 6) is 0. The van der Waals surface area contributed by atoms with Crippen LogP contribution >= 0.6 is 0 Å². The number of epoxide rings is 1. The number of hydrogen-bond donors (Lipinski definition) is 0. The van der Waals surface area contributed by atoms with Crippen LogP contribution in [0.15, 0.2) is 0 Å². The number of ether oxygens (including phenoxy) is 1. The van der Waals surface area contributed by atoms with E-state index in [4.69, 9.17) is 4.74 Å². The molecule has 4 aliphatic carbocycles. The maximum atomic E-state index is 8.53. The van der Waals surface area contributed by atoms with E-state index in [1.54, 1.807) is 367 Å². The lowest BCUT2D eigenvalue weighted by Crippen LogP contribution is -2.27. The summed E-state index contributed by atoms with van der Waals surface area (Å²) < 4.78 is 8.53. The highest BCUT2D eigenvalue weighted by atomic mass is 16.6. The van der Waals surface area contributed by atoms with E-state index < -0.39 is 11.2 Å². The molecule has 0 amide bonds. The molecule has 33 aromatic carbocycles. The van der Waals surface area contributed by atoms with Crippen LogP contribution < -0.4 is 0 Å². The molecular formula is C70O. The standard InChI is InChI=1S/C70O/c71-69-65-57-49-38-27-17-7-2-1-3-5-4(2)11-15-16-12(5)20-18-8(3)14-10-6(1)9-13(7)23(27)34-29-21(9)22(10)30-35-24(14)28(18)39-41-32(20)37-26(16)33-25(15)36-31(19(11)17)40(38)53-46(36)55-48(33)56-47(37)54(41)62-58-50(39)45(35)52-43(30)42(29)51(44(34)49)59(65)60(52)66(58)70(69,71)68(62)64(56)63(55)67(69)61(53)57. The van der Waals surface area contributed by atoms with Gasteiger partial charge in [0.25, 0.3) is 0 Å². The molecule has 1 fully saturated rings. The van der Waals surface area contributed by atoms with E-state index in [-0.39, 0.29) is 0 Å². The summed E-state index contributed by atoms with van der Waals surface area (Å²) in [6.07, 6.45) is 0. The van der Waals surface area contributed by atoms with Crippen LogP contribution in [0.2, 0.25) is 0 Å². The summed E-state index contributed by atoms with van der Waals surface area (Å²) in [6.45, 7) is 0. The Kier molecular flexibility index (Phi) is 1.73. The van der Waals surface area contributed by atoms with Gasteiger partial charge in [0.15, 0.2) is 11.2 Å². The van der Waals surface area contributed by atoms with Crippen LogP contribution in [-0.4, -0.2) is 0 Å². The lowest BCUT2D eigenvalue weighted by atomic mass is 9.66. The van der Waals surface area contributed by atoms with Crippen molar-refractivity contribution >= 4 is 345 Å². The Bertz CT molecular complexity index is 8090. The van der Waals surface area contributed by atoms with Gasteiger partial charge < -0.3 is 4.74 Å². The third-order valence-electron chi connectivity index (χ3n) is 27.2. The summed E-state index contributed by atoms with van der Waals surface area (Å²) in [4.78, 5) is 0. The van der Waals surface area contributed by atoms with E-state index in [1.807, 2.05) is 0 Å². The summed E-state index contributed by atoms with van der Waals surface area (Å²) >= 11 is 0. The SMILES string of the molecule is O1C23c4c5c6c7c8c9c(c%10c%11c2c2c4c4c%12c5c5c6c6c8c8c%13c9c9c%10c%10c%14c%11c%11c2c2c4c4c%12c%12c5c5c6c8c6c8c%13c%13c9c%10c9c%10c%14c%11c%11c2c2c4c4c%12c5c6c5c4c4c2c%11c%10c2c9c%13c8c5c24)C173. The first-order valence-corrected chi connectivity index (χ1v) is 26.7. The van der Waals surface area contributed by atoms with E-state index in [0.29, 0.717) is 0 Å². The zero-order valence-electron chi connectivity index (χ0n) is 35.4. The van der Waals surface area contributed by atoms with Gasteiger partial charge in [-0.2, -0.15) is 0 Å². The molecule has 2 spiro atoms. The van der Waals surface area contributed by atoms with Gasteiger partial charge in [-0.3, -0.25) is 0 Å². The zero-order chi connectivity index (χ0) is 41.0. The lowest BCUT2D eigenvalue weighted by molar-refractivity contribution is 0.310. The number of rotatable bonds is 0. The molecule has 1 aliphatic heterocycles. The maximum Gasteiger partial charge on any atom is 0.160 e. The third-order valence-corrected chi connectivity index (χ3v) is 27.2. The topological polar surface area (TPSA) is 12.5 Å². The van der Waals surface area contributed by atoms with Crippen molar-refractivity contribution in [3.63, 3.8) is 0 Å². The van der Waals surface area contributed by atoms with Crippen molar-refractivity contribution in [2.45, 2.75) is 11.2 Å². The van der Waals surface area contributed by atoms with Crippen molar-refractivity contribution < 1.29 is 4.74 Å². The Balaban J connectivity index is 1.23. The molecule has 0 radical (unpaired) electrons. The second-order valence-corrected chi connectivity index (χ2v) is 27.0. The number of hydrogen-bond acceptors (Lipinski definition) is 1. The monoisotopic (exact) mass is 856 g/mol. The minimum atomic E-state index is -0.508. The molecule has 2 atom stereocenters. The molecule has 286 valence electrons. The summed E-state index contributed by atoms with van der Waals surface area (Å²) in [5.41, 5.74) is 5.44. The van der Waals surface area contributed by atoms with Gasteiger partial charge in [0.1, 0.15) is 0 Å². The van der Waals surface area contributed by atoms with Crippen LogP contribution in [0.4, 0.5) is 0 Å². The van der Waals surface area contributed by atoms with E-state index >= 15 is 0 Å². The fraction of sp³-hybridized carbons (Fsp3) is 0.0286. The van der Waals surface area contributed by atoms with E-state index in [1.165, 1.54) is 0 Å². The minimum Gasteiger partial charge on any atom is -0.342 e. The first-order chi connectivity index (χ1) is 35.4. The van der Waals surface area contributed by atoms with Crippen molar-refractivity contribution in [1.82, 2.24) is 0 Å². The highest BCUT2D eigenvalue weighted by molar-refractivity contribution is 6.83. The van der Waals surface area contributed by atoms with Crippen molar-refractivity contribution in [3.05, 3.63) is 22.3 Å². The summed E-state index contributed by atoms with van der Waals surface area (Å²) in [5, 5.41) is 105. The predicted octanol–water partition coefficient (Wildman–Crippen LogP) is 19.2. The highest BCUT2D eigenvalue weighted by Crippen LogP contribution is 2.89. The zero-order valence-corrected chi connectivity index (χ0v) is 35.4. The Morgan fingerprint density at radius 1 is 0.0986 bits per heavy atom. The first kappa shape index (κ1) is 24.1. The maximum absolute atomic E-state index is 8.53. The van der Waals surface area contributed by atoms with Gasteiger partial charge in [-0.25, -0.2) is 0 Å². The largest absolute Gasteiger partial charge is 0.342 e. The van der Waals surface area contributed by atoms with Gasteiger partial charge in [-0.05, 0) is 345 Å². The average molecular weight is 857 g/mol. The Morgan fingerprint density at radius 3 is 0.254 bits per heavy atom. The smallest absolute Gasteiger partial charge is 0.160 e. The molecule has 0 aromatic heterocycles. The van der Waals surface area contributed by atoms with Gasteiger partial charge in [-0.1, -0.05) is 0 Å². The van der Waals surface area contributed by atoms with Gasteiger partial charge in [0, 0.05) is 22.3 Å². The minimum absolute atomic E-state index is 0.508. The van der Waals surface area contributed by atoms with Crippen LogP contribution in [0.1, 0.15) is 22.3 Å². The third kappa shape index (κ3) is 1.17. The molecule has 0 N–H and O–H groups in total. The molecule has 0 saturated carbocycles. The Hall–Kier alpha value is -8.88. The van der Waals surface area contributed by atoms with E-state index in [9.17, 15) is 0 Å². The van der Waals surface area contributed by atoms with Crippen LogP contribution in [0.25, 0.3) is 345 Å². The molecule has 71 heavy (non-hydrogen) atoms. The van der Waals surface area contributed by atoms with Gasteiger partial charge in [-0.15, -0.1) is 0 Å². The van der Waals surface area contributed by atoms with Crippen LogP contribution in [0.3, 0.4) is 0 Å². The Morgan fingerprint density at radius 2 is 0.169 bits per heavy atom. The van der Waals surface area contributed by atoms with Crippen LogP contribution in [-0.2, 0) is 15.9 Å². The lowest BCUT2D eigenvalue weighted by Gasteiger charge is -2.30. The molecule has 38 rings (SSSR count). The predicted molar refractivity (Wildman–Crippen MR) is 298 cm³/mol. The molecule has 2 unspecified atom stereocenters. The van der Waals surface area contributed by atoms with Gasteiger partial charge in [0.05, 0.1) is 0 Å². The molecule has 5 aliphatic rings. The van der Waals surface area contributed by atoms with E-state index in [0.717, 1.165) is 0 Å². The molecular weight excluding hydrogens is 857 g/mol. The molecule has 1 saturated heterocycles. The van der Waals surface area contributed by atoms with Crippen molar-refractivity contribution in [2.24, 2.45) is 0 Å². The highest BCUT2D eigenvalue weighted by Gasteiger charge is 2.83.